The van der Waals surface area contributed by atoms with Crippen molar-refractivity contribution in [3.05, 3.63) is 77.0 Å². The number of carbonyl (C=O) groups excluding carboxylic acids is 1. The molecule has 1 N–H and O–H groups in total. The Kier molecular flexibility index (Phi) is 4.64. The highest BCUT2D eigenvalue weighted by Crippen LogP contribution is 2.22. The van der Waals surface area contributed by atoms with Crippen LogP contribution in [0, 0.1) is 6.92 Å². The van der Waals surface area contributed by atoms with E-state index in [1.54, 1.807) is 24.0 Å². The first-order valence-corrected chi connectivity index (χ1v) is 10.3. The maximum absolute atomic E-state index is 12.9. The monoisotopic (exact) mass is 397 g/mol. The second kappa shape index (κ2) is 7.12. The molecule has 8 heteroatoms. The van der Waals surface area contributed by atoms with Crippen LogP contribution in [0.3, 0.4) is 0 Å². The molecule has 0 radical (unpaired) electrons. The Morgan fingerprint density at radius 3 is 2.64 bits per heavy atom. The van der Waals surface area contributed by atoms with Crippen LogP contribution in [0.25, 0.3) is 0 Å². The van der Waals surface area contributed by atoms with E-state index >= 15 is 0 Å². The fourth-order valence-electron chi connectivity index (χ4n) is 3.26. The summed E-state index contributed by atoms with van der Waals surface area (Å²) in [5.41, 5.74) is 2.70. The molecule has 2 heterocycles. The predicted molar refractivity (Wildman–Crippen MR) is 103 cm³/mol. The zero-order valence-electron chi connectivity index (χ0n) is 15.3. The Bertz CT molecular complexity index is 1140. The first-order chi connectivity index (χ1) is 13.4. The summed E-state index contributed by atoms with van der Waals surface area (Å²) in [6.45, 7) is 2.78. The van der Waals surface area contributed by atoms with Crippen molar-refractivity contribution in [3.63, 3.8) is 0 Å². The topological polar surface area (TPSA) is 92.5 Å². The zero-order valence-corrected chi connectivity index (χ0v) is 16.1. The summed E-state index contributed by atoms with van der Waals surface area (Å²) in [4.78, 5) is 14.7. The largest absolute Gasteiger partial charge is 0.360 e. The molecule has 0 aliphatic carbocycles. The highest BCUT2D eigenvalue weighted by molar-refractivity contribution is 7.92. The van der Waals surface area contributed by atoms with Gasteiger partial charge in [0.15, 0.2) is 5.82 Å². The summed E-state index contributed by atoms with van der Waals surface area (Å²) in [6, 6.07) is 15.5. The van der Waals surface area contributed by atoms with Crippen molar-refractivity contribution in [1.82, 2.24) is 10.1 Å². The highest BCUT2D eigenvalue weighted by atomic mass is 32.2. The third-order valence-corrected chi connectivity index (χ3v) is 6.03. The predicted octanol–water partition coefficient (Wildman–Crippen LogP) is 2.98. The lowest BCUT2D eigenvalue weighted by molar-refractivity contribution is 0.0734. The third kappa shape index (κ3) is 3.63. The number of sulfonamides is 1. The third-order valence-electron chi connectivity index (χ3n) is 4.68. The summed E-state index contributed by atoms with van der Waals surface area (Å²) in [6.07, 6.45) is 0.785. The molecule has 7 nitrogen and oxygen atoms in total. The minimum atomic E-state index is -3.88. The normalized spacial score (nSPS) is 13.8. The molecule has 2 aromatic carbocycles. The SMILES string of the molecule is Cc1cc(NS(=O)(=O)c2cccc(C(=O)N3CCc4ccccc4C3)c2)no1. The van der Waals surface area contributed by atoms with Crippen LogP contribution in [0.15, 0.2) is 64.0 Å². The van der Waals surface area contributed by atoms with E-state index in [-0.39, 0.29) is 16.6 Å². The lowest BCUT2D eigenvalue weighted by Crippen LogP contribution is -2.36. The van der Waals surface area contributed by atoms with E-state index in [1.807, 2.05) is 18.2 Å². The number of benzene rings is 2. The molecule has 0 bridgehead atoms. The minimum Gasteiger partial charge on any atom is -0.360 e. The van der Waals surface area contributed by atoms with Crippen LogP contribution in [0.2, 0.25) is 0 Å². The van der Waals surface area contributed by atoms with Crippen molar-refractivity contribution in [1.29, 1.82) is 0 Å². The molecule has 0 unspecified atom stereocenters. The van der Waals surface area contributed by atoms with Crippen molar-refractivity contribution in [2.24, 2.45) is 0 Å². The average Bonchev–Trinajstić information content (AvgIpc) is 3.11. The minimum absolute atomic E-state index is 0.00332. The second-order valence-electron chi connectivity index (χ2n) is 6.70. The lowest BCUT2D eigenvalue weighted by Gasteiger charge is -2.29. The van der Waals surface area contributed by atoms with Crippen LogP contribution in [-0.4, -0.2) is 30.9 Å². The molecule has 0 saturated carbocycles. The van der Waals surface area contributed by atoms with Crippen LogP contribution < -0.4 is 4.72 Å². The van der Waals surface area contributed by atoms with E-state index in [4.69, 9.17) is 4.52 Å². The Morgan fingerprint density at radius 2 is 1.89 bits per heavy atom. The summed E-state index contributed by atoms with van der Waals surface area (Å²) in [5, 5.41) is 3.64. The standard InChI is InChI=1S/C20H19N3O4S/c1-14-11-19(21-27-14)22-28(25,26)18-8-4-7-16(12-18)20(24)23-10-9-15-5-2-3-6-17(15)13-23/h2-8,11-12H,9-10,13H2,1H3,(H,21,22). The van der Waals surface area contributed by atoms with Crippen LogP contribution in [0.5, 0.6) is 0 Å². The first kappa shape index (κ1) is 18.2. The van der Waals surface area contributed by atoms with Gasteiger partial charge in [-0.25, -0.2) is 8.42 Å². The maximum Gasteiger partial charge on any atom is 0.263 e. The van der Waals surface area contributed by atoms with Gasteiger partial charge in [-0.1, -0.05) is 35.5 Å². The molecular weight excluding hydrogens is 378 g/mol. The Morgan fingerprint density at radius 1 is 1.11 bits per heavy atom. The van der Waals surface area contributed by atoms with Crippen LogP contribution in [0.4, 0.5) is 5.82 Å². The molecule has 0 fully saturated rings. The number of nitrogens with zero attached hydrogens (tertiary/aromatic N) is 2. The summed E-state index contributed by atoms with van der Waals surface area (Å²) >= 11 is 0. The van der Waals surface area contributed by atoms with Gasteiger partial charge in [-0.3, -0.25) is 9.52 Å². The number of amides is 1. The fraction of sp³-hybridized carbons (Fsp3) is 0.200. The molecule has 144 valence electrons. The van der Waals surface area contributed by atoms with Crippen molar-refractivity contribution >= 4 is 21.7 Å². The van der Waals surface area contributed by atoms with Crippen molar-refractivity contribution in [2.75, 3.05) is 11.3 Å². The van der Waals surface area contributed by atoms with Gasteiger partial charge in [0.05, 0.1) is 4.90 Å². The number of carbonyl (C=O) groups is 1. The number of anilines is 1. The quantitative estimate of drug-likeness (QED) is 0.731. The number of aryl methyl sites for hydroxylation is 1. The summed E-state index contributed by atoms with van der Waals surface area (Å²) in [7, 11) is -3.88. The molecule has 1 aliphatic heterocycles. The first-order valence-electron chi connectivity index (χ1n) is 8.85. The zero-order chi connectivity index (χ0) is 19.7. The lowest BCUT2D eigenvalue weighted by atomic mass is 9.99. The van der Waals surface area contributed by atoms with E-state index in [1.165, 1.54) is 23.8 Å². The summed E-state index contributed by atoms with van der Waals surface area (Å²) < 4.78 is 32.5. The van der Waals surface area contributed by atoms with Crippen LogP contribution in [-0.2, 0) is 23.0 Å². The number of rotatable bonds is 4. The molecule has 1 aliphatic rings. The maximum atomic E-state index is 12.9. The van der Waals surface area contributed by atoms with E-state index in [0.717, 1.165) is 12.0 Å². The van der Waals surface area contributed by atoms with Gasteiger partial charge in [-0.15, -0.1) is 0 Å². The van der Waals surface area contributed by atoms with Crippen molar-refractivity contribution in [2.45, 2.75) is 24.8 Å². The van der Waals surface area contributed by atoms with Crippen molar-refractivity contribution in [3.8, 4) is 0 Å². The van der Waals surface area contributed by atoms with Gasteiger partial charge in [0, 0.05) is 24.7 Å². The van der Waals surface area contributed by atoms with Gasteiger partial charge >= 0.3 is 0 Å². The molecule has 0 atom stereocenters. The van der Waals surface area contributed by atoms with Gasteiger partial charge in [0.2, 0.25) is 0 Å². The highest BCUT2D eigenvalue weighted by Gasteiger charge is 2.23. The van der Waals surface area contributed by atoms with Gasteiger partial charge in [-0.05, 0) is 42.7 Å². The summed E-state index contributed by atoms with van der Waals surface area (Å²) in [5.74, 6) is 0.401. The average molecular weight is 397 g/mol. The Balaban J connectivity index is 1.56. The number of nitrogens with one attached hydrogen (secondary N) is 1. The fourth-order valence-corrected chi connectivity index (χ4v) is 4.29. The van der Waals surface area contributed by atoms with E-state index in [9.17, 15) is 13.2 Å². The van der Waals surface area contributed by atoms with Gasteiger partial charge in [-0.2, -0.15) is 0 Å². The molecule has 0 saturated heterocycles. The Hall–Kier alpha value is -3.13. The van der Waals surface area contributed by atoms with E-state index < -0.39 is 10.0 Å². The Labute approximate surface area is 163 Å². The van der Waals surface area contributed by atoms with Crippen molar-refractivity contribution < 1.29 is 17.7 Å². The molecule has 3 aromatic rings. The number of hydrogen-bond acceptors (Lipinski definition) is 5. The molecule has 1 aromatic heterocycles. The van der Waals surface area contributed by atoms with Crippen LogP contribution in [0.1, 0.15) is 27.2 Å². The molecule has 0 spiro atoms. The van der Waals surface area contributed by atoms with E-state index in [0.29, 0.717) is 24.4 Å². The van der Waals surface area contributed by atoms with E-state index in [2.05, 4.69) is 15.9 Å². The molecular formula is C20H19N3O4S. The smallest absolute Gasteiger partial charge is 0.263 e. The molecule has 4 rings (SSSR count). The number of hydrogen-bond donors (Lipinski definition) is 1. The van der Waals surface area contributed by atoms with Crippen LogP contribution >= 0.6 is 0 Å². The second-order valence-corrected chi connectivity index (χ2v) is 8.38. The number of aromatic nitrogens is 1. The number of fused-ring (bicyclic) bond motifs is 1. The van der Waals surface area contributed by atoms with Gasteiger partial charge in [0.1, 0.15) is 5.76 Å². The van der Waals surface area contributed by atoms with Gasteiger partial charge < -0.3 is 9.42 Å². The van der Waals surface area contributed by atoms with Gasteiger partial charge in [0.25, 0.3) is 15.9 Å². The molecule has 28 heavy (non-hydrogen) atoms. The molecule has 1 amide bonds.